The average Bonchev–Trinajstić information content (AvgIpc) is 2.94. The topological polar surface area (TPSA) is 17.1 Å². The molecule has 6 atom stereocenters. The van der Waals surface area contributed by atoms with Crippen LogP contribution in [0.5, 0.6) is 0 Å². The van der Waals surface area contributed by atoms with E-state index >= 15 is 0 Å². The molecule has 0 heterocycles. The molecule has 0 radical (unpaired) electrons. The number of Topliss-reactive ketones (excluding diaryl/α,β-unsaturated/α-hetero) is 1. The molecule has 0 N–H and O–H groups in total. The molecule has 0 bridgehead atoms. The van der Waals surface area contributed by atoms with Gasteiger partial charge in [-0.1, -0.05) is 56.5 Å². The first-order valence-corrected chi connectivity index (χ1v) is 11.8. The summed E-state index contributed by atoms with van der Waals surface area (Å²) in [6.07, 6.45) is 13.8. The van der Waals surface area contributed by atoms with Gasteiger partial charge in [-0.3, -0.25) is 4.79 Å². The van der Waals surface area contributed by atoms with Crippen LogP contribution < -0.4 is 0 Å². The molecule has 1 nitrogen and oxygen atoms in total. The van der Waals surface area contributed by atoms with Gasteiger partial charge in [0.15, 0.2) is 5.78 Å². The SMILES string of the molecule is C[C@@]12CCCC[C@@H]1CC[C@H]1[C@H]2CC[C@]2(C)C(=O)/C(=C/c3ccccc3Cl)C[C@@H]12. The first-order chi connectivity index (χ1) is 13.4. The summed E-state index contributed by atoms with van der Waals surface area (Å²) in [7, 11) is 0. The average molecular weight is 397 g/mol. The molecule has 0 unspecified atom stereocenters. The van der Waals surface area contributed by atoms with Gasteiger partial charge in [0.25, 0.3) is 0 Å². The van der Waals surface area contributed by atoms with E-state index in [-0.39, 0.29) is 5.41 Å². The normalized spacial score (nSPS) is 44.1. The van der Waals surface area contributed by atoms with Crippen LogP contribution in [0.1, 0.15) is 77.2 Å². The maximum absolute atomic E-state index is 13.5. The molecule has 0 spiro atoms. The van der Waals surface area contributed by atoms with Crippen LogP contribution in [0, 0.1) is 34.5 Å². The van der Waals surface area contributed by atoms with Crippen LogP contribution >= 0.6 is 11.6 Å². The van der Waals surface area contributed by atoms with Gasteiger partial charge in [0.2, 0.25) is 0 Å². The van der Waals surface area contributed by atoms with E-state index < -0.39 is 0 Å². The Kier molecular flexibility index (Phi) is 4.54. The number of carbonyl (C=O) groups is 1. The number of carbonyl (C=O) groups excluding carboxylic acids is 1. The van der Waals surface area contributed by atoms with Crippen molar-refractivity contribution in [2.24, 2.45) is 34.5 Å². The molecule has 0 aromatic heterocycles. The molecule has 0 saturated heterocycles. The molecule has 4 aliphatic carbocycles. The van der Waals surface area contributed by atoms with Gasteiger partial charge >= 0.3 is 0 Å². The van der Waals surface area contributed by atoms with Gasteiger partial charge in [-0.25, -0.2) is 0 Å². The van der Waals surface area contributed by atoms with Crippen LogP contribution in [-0.2, 0) is 4.79 Å². The van der Waals surface area contributed by atoms with E-state index in [1.54, 1.807) is 0 Å². The largest absolute Gasteiger partial charge is 0.294 e. The summed E-state index contributed by atoms with van der Waals surface area (Å²) in [5, 5.41) is 0.746. The fourth-order valence-electron chi connectivity index (χ4n) is 7.87. The minimum Gasteiger partial charge on any atom is -0.294 e. The molecular weight excluding hydrogens is 364 g/mol. The monoisotopic (exact) mass is 396 g/mol. The molecule has 1 aromatic rings. The van der Waals surface area contributed by atoms with Crippen LogP contribution in [0.15, 0.2) is 29.8 Å². The quantitative estimate of drug-likeness (QED) is 0.454. The molecule has 4 saturated carbocycles. The highest BCUT2D eigenvalue weighted by Crippen LogP contribution is 2.66. The first kappa shape index (κ1) is 18.9. The van der Waals surface area contributed by atoms with Crippen LogP contribution in [0.2, 0.25) is 5.02 Å². The number of allylic oxidation sites excluding steroid dienone is 1. The minimum absolute atomic E-state index is 0.147. The van der Waals surface area contributed by atoms with E-state index in [4.69, 9.17) is 11.6 Å². The molecule has 1 aromatic carbocycles. The van der Waals surface area contributed by atoms with Crippen molar-refractivity contribution in [1.29, 1.82) is 0 Å². The van der Waals surface area contributed by atoms with Gasteiger partial charge in [0.1, 0.15) is 0 Å². The maximum Gasteiger partial charge on any atom is 0.165 e. The molecule has 0 aliphatic heterocycles. The lowest BCUT2D eigenvalue weighted by atomic mass is 9.45. The second-order valence-corrected chi connectivity index (χ2v) is 11.0. The Balaban J connectivity index is 1.48. The van der Waals surface area contributed by atoms with Crippen LogP contribution in [0.4, 0.5) is 0 Å². The number of halogens is 1. The lowest BCUT2D eigenvalue weighted by molar-refractivity contribution is -0.137. The van der Waals surface area contributed by atoms with E-state index in [9.17, 15) is 4.79 Å². The number of hydrogen-bond acceptors (Lipinski definition) is 1. The van der Waals surface area contributed by atoms with Crippen molar-refractivity contribution in [3.63, 3.8) is 0 Å². The highest BCUT2D eigenvalue weighted by atomic mass is 35.5. The van der Waals surface area contributed by atoms with Gasteiger partial charge in [-0.15, -0.1) is 0 Å². The van der Waals surface area contributed by atoms with Gasteiger partial charge in [0.05, 0.1) is 0 Å². The Morgan fingerprint density at radius 3 is 2.64 bits per heavy atom. The predicted molar refractivity (Wildman–Crippen MR) is 116 cm³/mol. The fraction of sp³-hybridized carbons (Fsp3) is 0.654. The third kappa shape index (κ3) is 2.68. The van der Waals surface area contributed by atoms with Crippen molar-refractivity contribution in [3.05, 3.63) is 40.4 Å². The third-order valence-corrected chi connectivity index (χ3v) is 9.80. The molecule has 150 valence electrons. The van der Waals surface area contributed by atoms with E-state index in [1.165, 1.54) is 44.9 Å². The maximum atomic E-state index is 13.5. The van der Waals surface area contributed by atoms with E-state index in [0.717, 1.165) is 46.8 Å². The van der Waals surface area contributed by atoms with Crippen molar-refractivity contribution in [1.82, 2.24) is 0 Å². The molecule has 4 aliphatic rings. The number of fused-ring (bicyclic) bond motifs is 5. The van der Waals surface area contributed by atoms with Crippen molar-refractivity contribution in [3.8, 4) is 0 Å². The van der Waals surface area contributed by atoms with E-state index in [2.05, 4.69) is 19.9 Å². The van der Waals surface area contributed by atoms with Gasteiger partial charge in [0, 0.05) is 10.4 Å². The number of hydrogen-bond donors (Lipinski definition) is 0. The smallest absolute Gasteiger partial charge is 0.165 e. The summed E-state index contributed by atoms with van der Waals surface area (Å²) in [4.78, 5) is 13.5. The van der Waals surface area contributed by atoms with Crippen molar-refractivity contribution >= 4 is 23.5 Å². The number of rotatable bonds is 1. The molecule has 28 heavy (non-hydrogen) atoms. The molecule has 2 heteroatoms. The van der Waals surface area contributed by atoms with Gasteiger partial charge in [-0.05, 0) is 97.3 Å². The van der Waals surface area contributed by atoms with E-state index in [0.29, 0.717) is 17.1 Å². The standard InChI is InChI=1S/C26H33ClO/c1-25-13-6-5-8-19(25)10-11-20-21(25)12-14-26(2)22(20)16-18(24(26)28)15-17-7-3-4-9-23(17)27/h3-4,7,9,15,19-22H,5-6,8,10-14,16H2,1-2H3/b18-15+/t19-,20+,21-,22+,25-,26+/m1/s1. The zero-order valence-corrected chi connectivity index (χ0v) is 18.1. The number of ketones is 1. The van der Waals surface area contributed by atoms with Crippen molar-refractivity contribution in [2.45, 2.75) is 71.6 Å². The zero-order valence-electron chi connectivity index (χ0n) is 17.3. The highest BCUT2D eigenvalue weighted by Gasteiger charge is 2.60. The summed E-state index contributed by atoms with van der Waals surface area (Å²) >= 11 is 6.39. The first-order valence-electron chi connectivity index (χ1n) is 11.4. The second kappa shape index (κ2) is 6.73. The van der Waals surface area contributed by atoms with Gasteiger partial charge < -0.3 is 0 Å². The highest BCUT2D eigenvalue weighted by molar-refractivity contribution is 6.32. The zero-order chi connectivity index (χ0) is 19.5. The summed E-state index contributed by atoms with van der Waals surface area (Å²) < 4.78 is 0. The number of benzene rings is 1. The van der Waals surface area contributed by atoms with Crippen LogP contribution in [0.25, 0.3) is 6.08 Å². The molecule has 0 amide bonds. The Morgan fingerprint density at radius 2 is 1.82 bits per heavy atom. The predicted octanol–water partition coefficient (Wildman–Crippen LogP) is 7.34. The Labute approximate surface area is 174 Å². The van der Waals surface area contributed by atoms with Gasteiger partial charge in [-0.2, -0.15) is 0 Å². The van der Waals surface area contributed by atoms with Crippen LogP contribution in [-0.4, -0.2) is 5.78 Å². The third-order valence-electron chi connectivity index (χ3n) is 9.46. The molecule has 4 fully saturated rings. The second-order valence-electron chi connectivity index (χ2n) is 10.6. The summed E-state index contributed by atoms with van der Waals surface area (Å²) in [6, 6.07) is 7.91. The Morgan fingerprint density at radius 1 is 1.00 bits per heavy atom. The lowest BCUT2D eigenvalue weighted by Gasteiger charge is -2.59. The van der Waals surface area contributed by atoms with Crippen molar-refractivity contribution < 1.29 is 4.79 Å². The fourth-order valence-corrected chi connectivity index (χ4v) is 8.06. The molecule has 5 rings (SSSR count). The van der Waals surface area contributed by atoms with E-state index in [1.807, 2.05) is 24.3 Å². The summed E-state index contributed by atoms with van der Waals surface area (Å²) in [6.45, 7) is 4.88. The summed E-state index contributed by atoms with van der Waals surface area (Å²) in [5.41, 5.74) is 2.40. The Bertz CT molecular complexity index is 825. The van der Waals surface area contributed by atoms with Crippen molar-refractivity contribution in [2.75, 3.05) is 0 Å². The van der Waals surface area contributed by atoms with Crippen LogP contribution in [0.3, 0.4) is 0 Å². The molecular formula is C26H33ClO. The minimum atomic E-state index is -0.147. The lowest BCUT2D eigenvalue weighted by Crippen LogP contribution is -2.52. The summed E-state index contributed by atoms with van der Waals surface area (Å²) in [5.74, 6) is 3.44. The Hall–Kier alpha value is -1.08.